The molecule has 3 atom stereocenters. The molecule has 6 heteroatoms. The largest absolute Gasteiger partial charge is 0.467 e. The zero-order chi connectivity index (χ0) is 15.8. The molecule has 0 aromatic carbocycles. The molecule has 0 bridgehead atoms. The zero-order valence-electron chi connectivity index (χ0n) is 13.3. The van der Waals surface area contributed by atoms with Crippen LogP contribution in [0.15, 0.2) is 0 Å². The fourth-order valence-electron chi connectivity index (χ4n) is 2.69. The van der Waals surface area contributed by atoms with Gasteiger partial charge in [-0.15, -0.1) is 0 Å². The van der Waals surface area contributed by atoms with Crippen molar-refractivity contribution >= 4 is 11.9 Å². The smallest absolute Gasteiger partial charge is 0.328 e. The SMILES string of the molecule is CCC(C)C(NC(=O)CN1CCC(CCO)C1)C(=O)OC. The monoisotopic (exact) mass is 300 g/mol. The van der Waals surface area contributed by atoms with Gasteiger partial charge in [0.1, 0.15) is 6.04 Å². The predicted molar refractivity (Wildman–Crippen MR) is 79.7 cm³/mol. The normalized spacial score (nSPS) is 21.8. The Morgan fingerprint density at radius 2 is 2.19 bits per heavy atom. The van der Waals surface area contributed by atoms with E-state index in [-0.39, 0.29) is 18.4 Å². The number of carbonyl (C=O) groups is 2. The van der Waals surface area contributed by atoms with Crippen molar-refractivity contribution in [3.8, 4) is 0 Å². The summed E-state index contributed by atoms with van der Waals surface area (Å²) < 4.78 is 4.76. The van der Waals surface area contributed by atoms with Gasteiger partial charge in [-0.3, -0.25) is 9.69 Å². The van der Waals surface area contributed by atoms with Crippen molar-refractivity contribution in [2.45, 2.75) is 39.2 Å². The van der Waals surface area contributed by atoms with Gasteiger partial charge in [-0.25, -0.2) is 4.79 Å². The molecule has 1 amide bonds. The molecule has 1 saturated heterocycles. The summed E-state index contributed by atoms with van der Waals surface area (Å²) in [5.41, 5.74) is 0. The molecule has 0 aromatic heterocycles. The van der Waals surface area contributed by atoms with E-state index in [1.807, 2.05) is 13.8 Å². The summed E-state index contributed by atoms with van der Waals surface area (Å²) in [6.45, 7) is 6.10. The fourth-order valence-corrected chi connectivity index (χ4v) is 2.69. The highest BCUT2D eigenvalue weighted by Gasteiger charge is 2.28. The Morgan fingerprint density at radius 3 is 2.76 bits per heavy atom. The molecule has 2 N–H and O–H groups in total. The Morgan fingerprint density at radius 1 is 1.48 bits per heavy atom. The number of hydrogen-bond donors (Lipinski definition) is 2. The van der Waals surface area contributed by atoms with Gasteiger partial charge in [-0.05, 0) is 31.2 Å². The maximum atomic E-state index is 12.1. The van der Waals surface area contributed by atoms with Crippen molar-refractivity contribution in [2.75, 3.05) is 33.4 Å². The number of carbonyl (C=O) groups excluding carboxylic acids is 2. The number of nitrogens with zero attached hydrogens (tertiary/aromatic N) is 1. The number of methoxy groups -OCH3 is 1. The zero-order valence-corrected chi connectivity index (χ0v) is 13.3. The van der Waals surface area contributed by atoms with Crippen LogP contribution < -0.4 is 5.32 Å². The van der Waals surface area contributed by atoms with Crippen LogP contribution in [0.25, 0.3) is 0 Å². The van der Waals surface area contributed by atoms with Crippen LogP contribution in [0.5, 0.6) is 0 Å². The average molecular weight is 300 g/mol. The van der Waals surface area contributed by atoms with Crippen molar-refractivity contribution in [1.82, 2.24) is 10.2 Å². The number of rotatable bonds is 8. The summed E-state index contributed by atoms with van der Waals surface area (Å²) in [4.78, 5) is 25.9. The van der Waals surface area contributed by atoms with E-state index in [4.69, 9.17) is 9.84 Å². The number of amides is 1. The molecule has 1 rings (SSSR count). The molecular weight excluding hydrogens is 272 g/mol. The van der Waals surface area contributed by atoms with Gasteiger partial charge in [0.25, 0.3) is 0 Å². The predicted octanol–water partition coefficient (Wildman–Crippen LogP) is 0.395. The number of esters is 1. The summed E-state index contributed by atoms with van der Waals surface area (Å²) in [7, 11) is 1.34. The molecule has 0 spiro atoms. The Bertz CT molecular complexity index is 349. The Balaban J connectivity index is 2.45. The van der Waals surface area contributed by atoms with E-state index in [9.17, 15) is 9.59 Å². The highest BCUT2D eigenvalue weighted by atomic mass is 16.5. The number of nitrogens with one attached hydrogen (secondary N) is 1. The second-order valence-electron chi connectivity index (χ2n) is 5.86. The first-order valence-corrected chi connectivity index (χ1v) is 7.72. The van der Waals surface area contributed by atoms with E-state index in [0.717, 1.165) is 32.4 Å². The topological polar surface area (TPSA) is 78.9 Å². The number of hydrogen-bond acceptors (Lipinski definition) is 5. The molecule has 6 nitrogen and oxygen atoms in total. The quantitative estimate of drug-likeness (QED) is 0.634. The van der Waals surface area contributed by atoms with Crippen LogP contribution in [0.4, 0.5) is 0 Å². The summed E-state index contributed by atoms with van der Waals surface area (Å²) in [5.74, 6) is -0.0245. The molecule has 1 heterocycles. The van der Waals surface area contributed by atoms with Gasteiger partial charge in [0.15, 0.2) is 0 Å². The lowest BCUT2D eigenvalue weighted by atomic mass is 9.99. The van der Waals surface area contributed by atoms with Gasteiger partial charge < -0.3 is 15.2 Å². The third-order valence-electron chi connectivity index (χ3n) is 4.26. The lowest BCUT2D eigenvalue weighted by Crippen LogP contribution is -2.48. The van der Waals surface area contributed by atoms with Crippen molar-refractivity contribution in [3.05, 3.63) is 0 Å². The van der Waals surface area contributed by atoms with E-state index in [1.165, 1.54) is 7.11 Å². The molecule has 21 heavy (non-hydrogen) atoms. The summed E-state index contributed by atoms with van der Waals surface area (Å²) in [6, 6.07) is -0.580. The number of aliphatic hydroxyl groups excluding tert-OH is 1. The lowest BCUT2D eigenvalue weighted by molar-refractivity contribution is -0.146. The maximum absolute atomic E-state index is 12.1. The molecule has 0 aromatic rings. The molecule has 122 valence electrons. The van der Waals surface area contributed by atoms with Crippen LogP contribution in [0.2, 0.25) is 0 Å². The minimum Gasteiger partial charge on any atom is -0.467 e. The van der Waals surface area contributed by atoms with Gasteiger partial charge in [-0.2, -0.15) is 0 Å². The fraction of sp³-hybridized carbons (Fsp3) is 0.867. The van der Waals surface area contributed by atoms with E-state index in [0.29, 0.717) is 12.5 Å². The van der Waals surface area contributed by atoms with Crippen LogP contribution in [0.3, 0.4) is 0 Å². The van der Waals surface area contributed by atoms with Gasteiger partial charge in [0, 0.05) is 13.2 Å². The molecule has 3 unspecified atom stereocenters. The van der Waals surface area contributed by atoms with Crippen LogP contribution >= 0.6 is 0 Å². The second-order valence-corrected chi connectivity index (χ2v) is 5.86. The highest BCUT2D eigenvalue weighted by Crippen LogP contribution is 2.18. The van der Waals surface area contributed by atoms with Gasteiger partial charge >= 0.3 is 5.97 Å². The minimum atomic E-state index is -0.580. The van der Waals surface area contributed by atoms with E-state index < -0.39 is 12.0 Å². The summed E-state index contributed by atoms with van der Waals surface area (Å²) in [5, 5.41) is 11.7. The molecule has 0 radical (unpaired) electrons. The summed E-state index contributed by atoms with van der Waals surface area (Å²) >= 11 is 0. The van der Waals surface area contributed by atoms with Gasteiger partial charge in [0.2, 0.25) is 5.91 Å². The minimum absolute atomic E-state index is 0.0436. The van der Waals surface area contributed by atoms with Crippen LogP contribution in [0, 0.1) is 11.8 Å². The molecule has 1 aliphatic rings. The van der Waals surface area contributed by atoms with Crippen molar-refractivity contribution in [1.29, 1.82) is 0 Å². The summed E-state index contributed by atoms with van der Waals surface area (Å²) in [6.07, 6.45) is 2.59. The third-order valence-corrected chi connectivity index (χ3v) is 4.26. The van der Waals surface area contributed by atoms with E-state index in [2.05, 4.69) is 10.2 Å². The van der Waals surface area contributed by atoms with Gasteiger partial charge in [-0.1, -0.05) is 20.3 Å². The van der Waals surface area contributed by atoms with Crippen LogP contribution in [0.1, 0.15) is 33.1 Å². The third kappa shape index (κ3) is 5.63. The van der Waals surface area contributed by atoms with Crippen LogP contribution in [-0.2, 0) is 14.3 Å². The first-order valence-electron chi connectivity index (χ1n) is 7.72. The van der Waals surface area contributed by atoms with E-state index in [1.54, 1.807) is 0 Å². The number of likely N-dealkylation sites (tertiary alicyclic amines) is 1. The molecule has 1 fully saturated rings. The van der Waals surface area contributed by atoms with Gasteiger partial charge in [0.05, 0.1) is 13.7 Å². The first kappa shape index (κ1) is 17.9. The van der Waals surface area contributed by atoms with Crippen LogP contribution in [-0.4, -0.2) is 61.3 Å². The maximum Gasteiger partial charge on any atom is 0.328 e. The number of ether oxygens (including phenoxy) is 1. The molecule has 0 saturated carbocycles. The van der Waals surface area contributed by atoms with Crippen molar-refractivity contribution < 1.29 is 19.4 Å². The van der Waals surface area contributed by atoms with Crippen molar-refractivity contribution in [2.24, 2.45) is 11.8 Å². The first-order chi connectivity index (χ1) is 10.0. The Hall–Kier alpha value is -1.14. The Kier molecular flexibility index (Phi) is 7.67. The second kappa shape index (κ2) is 9.00. The molecule has 1 aliphatic heterocycles. The molecular formula is C15H28N2O4. The lowest BCUT2D eigenvalue weighted by Gasteiger charge is -2.23. The Labute approximate surface area is 126 Å². The van der Waals surface area contributed by atoms with Crippen molar-refractivity contribution in [3.63, 3.8) is 0 Å². The number of aliphatic hydroxyl groups is 1. The highest BCUT2D eigenvalue weighted by molar-refractivity contribution is 5.85. The molecule has 0 aliphatic carbocycles. The average Bonchev–Trinajstić information content (AvgIpc) is 2.90. The van der Waals surface area contributed by atoms with E-state index >= 15 is 0 Å². The standard InChI is InChI=1S/C15H28N2O4/c1-4-11(2)14(15(20)21-3)16-13(19)10-17-7-5-12(9-17)6-8-18/h11-12,14,18H,4-10H2,1-3H3,(H,16,19).